The molecule has 0 aliphatic heterocycles. The van der Waals surface area contributed by atoms with Gasteiger partial charge in [-0.3, -0.25) is 0 Å². The summed E-state index contributed by atoms with van der Waals surface area (Å²) in [5.74, 6) is 0. The molecule has 16 heavy (non-hydrogen) atoms. The summed E-state index contributed by atoms with van der Waals surface area (Å²) in [5, 5.41) is 12.0. The number of hydrogen-bond acceptors (Lipinski definition) is 3. The predicted molar refractivity (Wildman–Crippen MR) is 56.1 cm³/mol. The summed E-state index contributed by atoms with van der Waals surface area (Å²) in [6.07, 6.45) is -0.121. The lowest BCUT2D eigenvalue weighted by Crippen LogP contribution is -2.28. The zero-order valence-electron chi connectivity index (χ0n) is 8.77. The maximum atomic E-state index is 10.8. The number of allylic oxidation sites excluding steroid dienone is 2. The molecule has 8 nitrogen and oxygen atoms in total. The van der Waals surface area contributed by atoms with E-state index in [-0.39, 0.29) is 5.71 Å². The van der Waals surface area contributed by atoms with Crippen LogP contribution in [0.1, 0.15) is 13.8 Å². The van der Waals surface area contributed by atoms with E-state index in [4.69, 9.17) is 10.8 Å². The number of nitrogens with zero attached hydrogens (tertiary/aromatic N) is 1. The minimum atomic E-state index is -1.49. The van der Waals surface area contributed by atoms with E-state index in [0.717, 1.165) is 0 Å². The predicted octanol–water partition coefficient (Wildman–Crippen LogP) is 0.407. The van der Waals surface area contributed by atoms with Crippen LogP contribution in [0.3, 0.4) is 0 Å². The highest BCUT2D eigenvalue weighted by molar-refractivity contribution is 6.03. The topological polar surface area (TPSA) is 134 Å². The molecule has 0 saturated carbocycles. The lowest BCUT2D eigenvalue weighted by Gasteiger charge is -2.00. The first kappa shape index (κ1) is 13.6. The van der Waals surface area contributed by atoms with Crippen molar-refractivity contribution in [2.75, 3.05) is 0 Å². The molecule has 0 aromatic heterocycles. The molecule has 0 aliphatic carbocycles. The van der Waals surface area contributed by atoms with Gasteiger partial charge in [-0.1, -0.05) is 0 Å². The summed E-state index contributed by atoms with van der Waals surface area (Å²) < 4.78 is 0. The molecule has 0 radical (unpaired) electrons. The van der Waals surface area contributed by atoms with Gasteiger partial charge in [0.25, 0.3) is 0 Å². The molecular formula is C8H12N4O4. The number of carbonyl (C=O) groups excluding carboxylic acids is 2. The van der Waals surface area contributed by atoms with Crippen LogP contribution in [0.25, 0.3) is 0 Å². The SMILES string of the molecule is CC(/C=C(\C)NC(N)=O)=NC(=O)NC(=O)O. The molecule has 0 rings (SSSR count). The average molecular weight is 228 g/mol. The molecule has 0 bridgehead atoms. The molecule has 0 saturated heterocycles. The zero-order valence-corrected chi connectivity index (χ0v) is 8.77. The number of imide groups is 1. The van der Waals surface area contributed by atoms with E-state index < -0.39 is 18.2 Å². The third kappa shape index (κ3) is 7.06. The largest absolute Gasteiger partial charge is 0.465 e. The second kappa shape index (κ2) is 6.17. The van der Waals surface area contributed by atoms with Crippen LogP contribution < -0.4 is 16.4 Å². The van der Waals surface area contributed by atoms with Crippen LogP contribution in [-0.2, 0) is 0 Å². The lowest BCUT2D eigenvalue weighted by molar-refractivity contribution is 0.193. The Kier molecular flexibility index (Phi) is 5.25. The summed E-state index contributed by atoms with van der Waals surface area (Å²) >= 11 is 0. The molecular weight excluding hydrogens is 216 g/mol. The standard InChI is InChI=1S/C8H12N4O4/c1-4(10-6(9)13)3-5(2)11-7(14)12-8(15)16/h3H,1-2H3,(H,12,14)(H,15,16)(H3,9,10,13)/b4-3+,11-5?. The summed E-state index contributed by atoms with van der Waals surface area (Å²) in [7, 11) is 0. The molecule has 0 fully saturated rings. The van der Waals surface area contributed by atoms with Crippen molar-refractivity contribution >= 4 is 23.9 Å². The quantitative estimate of drug-likeness (QED) is 0.509. The summed E-state index contributed by atoms with van der Waals surface area (Å²) in [4.78, 5) is 34.7. The molecule has 0 atom stereocenters. The van der Waals surface area contributed by atoms with Crippen molar-refractivity contribution in [2.45, 2.75) is 13.8 Å². The molecule has 88 valence electrons. The molecule has 0 aliphatic rings. The minimum Gasteiger partial charge on any atom is -0.465 e. The Morgan fingerprint density at radius 1 is 1.25 bits per heavy atom. The first-order valence-electron chi connectivity index (χ1n) is 4.15. The van der Waals surface area contributed by atoms with Gasteiger partial charge in [0.1, 0.15) is 0 Å². The summed E-state index contributed by atoms with van der Waals surface area (Å²) in [6.45, 7) is 3.01. The lowest BCUT2D eigenvalue weighted by atomic mass is 10.3. The third-order valence-corrected chi connectivity index (χ3v) is 1.24. The van der Waals surface area contributed by atoms with E-state index in [1.54, 1.807) is 6.92 Å². The molecule has 0 aromatic rings. The molecule has 0 spiro atoms. The van der Waals surface area contributed by atoms with E-state index in [1.165, 1.54) is 18.3 Å². The molecule has 5 N–H and O–H groups in total. The van der Waals surface area contributed by atoms with Crippen molar-refractivity contribution in [1.29, 1.82) is 0 Å². The smallest absolute Gasteiger partial charge is 0.412 e. The molecule has 5 amide bonds. The number of carbonyl (C=O) groups is 3. The van der Waals surface area contributed by atoms with Crippen molar-refractivity contribution in [1.82, 2.24) is 10.6 Å². The fraction of sp³-hybridized carbons (Fsp3) is 0.250. The number of hydrogen-bond donors (Lipinski definition) is 4. The van der Waals surface area contributed by atoms with Gasteiger partial charge in [0.2, 0.25) is 0 Å². The molecule has 0 aromatic carbocycles. The Morgan fingerprint density at radius 3 is 2.25 bits per heavy atom. The molecule has 0 unspecified atom stereocenters. The van der Waals surface area contributed by atoms with E-state index >= 15 is 0 Å². The Labute approximate surface area is 91.2 Å². The van der Waals surface area contributed by atoms with Crippen molar-refractivity contribution in [3.05, 3.63) is 11.8 Å². The first-order valence-corrected chi connectivity index (χ1v) is 4.15. The summed E-state index contributed by atoms with van der Waals surface area (Å²) in [6, 6.07) is -1.75. The van der Waals surface area contributed by atoms with E-state index in [0.29, 0.717) is 5.70 Å². The number of rotatable bonds is 2. The number of aliphatic imine (C=N–C) groups is 1. The first-order chi connectivity index (χ1) is 7.31. The molecule has 8 heteroatoms. The van der Waals surface area contributed by atoms with Gasteiger partial charge in [0.15, 0.2) is 0 Å². The fourth-order valence-electron chi connectivity index (χ4n) is 0.856. The van der Waals surface area contributed by atoms with E-state index in [1.807, 2.05) is 0 Å². The van der Waals surface area contributed by atoms with E-state index in [9.17, 15) is 14.4 Å². The molecule has 0 heterocycles. The Morgan fingerprint density at radius 2 is 1.81 bits per heavy atom. The maximum Gasteiger partial charge on any atom is 0.412 e. The highest BCUT2D eigenvalue weighted by Gasteiger charge is 2.03. The number of nitrogens with one attached hydrogen (secondary N) is 2. The zero-order chi connectivity index (χ0) is 12.7. The fourth-order valence-corrected chi connectivity index (χ4v) is 0.856. The van der Waals surface area contributed by atoms with Crippen LogP contribution in [0.15, 0.2) is 16.8 Å². The van der Waals surface area contributed by atoms with Crippen LogP contribution in [0.4, 0.5) is 14.4 Å². The van der Waals surface area contributed by atoms with Gasteiger partial charge in [-0.25, -0.2) is 19.7 Å². The van der Waals surface area contributed by atoms with Gasteiger partial charge in [-0.15, -0.1) is 0 Å². The van der Waals surface area contributed by atoms with Crippen molar-refractivity contribution in [2.24, 2.45) is 10.7 Å². The number of primary amides is 1. The Balaban J connectivity index is 4.49. The number of urea groups is 2. The third-order valence-electron chi connectivity index (χ3n) is 1.24. The van der Waals surface area contributed by atoms with Crippen molar-refractivity contribution in [3.8, 4) is 0 Å². The van der Waals surface area contributed by atoms with Gasteiger partial charge in [-0.2, -0.15) is 4.99 Å². The Hall–Kier alpha value is -2.38. The van der Waals surface area contributed by atoms with Crippen LogP contribution in [-0.4, -0.2) is 29.0 Å². The highest BCUT2D eigenvalue weighted by Crippen LogP contribution is 1.90. The van der Waals surface area contributed by atoms with Gasteiger partial charge in [0, 0.05) is 11.4 Å². The minimum absolute atomic E-state index is 0.227. The van der Waals surface area contributed by atoms with Crippen molar-refractivity contribution < 1.29 is 19.5 Å². The number of nitrogens with two attached hydrogens (primary N) is 1. The van der Waals surface area contributed by atoms with Gasteiger partial charge < -0.3 is 16.2 Å². The van der Waals surface area contributed by atoms with Crippen molar-refractivity contribution in [3.63, 3.8) is 0 Å². The second-order valence-corrected chi connectivity index (χ2v) is 2.81. The summed E-state index contributed by atoms with van der Waals surface area (Å²) in [5.41, 5.74) is 5.46. The average Bonchev–Trinajstić information content (AvgIpc) is 1.97. The van der Waals surface area contributed by atoms with Gasteiger partial charge in [0.05, 0.1) is 0 Å². The normalized spacial score (nSPS) is 11.9. The van der Waals surface area contributed by atoms with Crippen LogP contribution in [0.5, 0.6) is 0 Å². The maximum absolute atomic E-state index is 10.8. The van der Waals surface area contributed by atoms with Crippen LogP contribution in [0.2, 0.25) is 0 Å². The second-order valence-electron chi connectivity index (χ2n) is 2.81. The van der Waals surface area contributed by atoms with E-state index in [2.05, 4.69) is 10.3 Å². The number of carboxylic acid groups (broad SMARTS) is 1. The van der Waals surface area contributed by atoms with Gasteiger partial charge in [-0.05, 0) is 19.9 Å². The monoisotopic (exact) mass is 228 g/mol. The highest BCUT2D eigenvalue weighted by atomic mass is 16.4. The van der Waals surface area contributed by atoms with Crippen LogP contribution >= 0.6 is 0 Å². The Bertz CT molecular complexity index is 372. The van der Waals surface area contributed by atoms with Crippen LogP contribution in [0, 0.1) is 0 Å². The number of amides is 5. The van der Waals surface area contributed by atoms with Gasteiger partial charge >= 0.3 is 18.2 Å².